The predicted molar refractivity (Wildman–Crippen MR) is 48.1 cm³/mol. The lowest BCUT2D eigenvalue weighted by molar-refractivity contribution is -0.133. The number of nitrogens with one attached hydrogen (secondary N) is 1. The van der Waals surface area contributed by atoms with Gasteiger partial charge in [0, 0.05) is 18.5 Å². The molecule has 0 aromatic rings. The summed E-state index contributed by atoms with van der Waals surface area (Å²) >= 11 is 5.44. The smallest absolute Gasteiger partial charge is 0.314 e. The highest BCUT2D eigenvalue weighted by Crippen LogP contribution is 2.18. The van der Waals surface area contributed by atoms with Crippen molar-refractivity contribution in [3.8, 4) is 0 Å². The molecule has 0 radical (unpaired) electrons. The number of rotatable bonds is 6. The third-order valence-electron chi connectivity index (χ3n) is 1.67. The Labute approximate surface area is 81.6 Å². The highest BCUT2D eigenvalue weighted by molar-refractivity contribution is 6.17. The Morgan fingerprint density at radius 3 is 2.46 bits per heavy atom. The molecule has 0 aliphatic carbocycles. The van der Waals surface area contributed by atoms with Gasteiger partial charge in [-0.25, -0.2) is 0 Å². The summed E-state index contributed by atoms with van der Waals surface area (Å²) < 4.78 is 35.1. The van der Waals surface area contributed by atoms with Crippen LogP contribution in [-0.4, -0.2) is 24.6 Å². The Bertz CT molecular complexity index is 127. The van der Waals surface area contributed by atoms with Crippen LogP contribution >= 0.6 is 11.6 Å². The van der Waals surface area contributed by atoms with Gasteiger partial charge in [0.2, 0.25) is 0 Å². The molecule has 1 unspecified atom stereocenters. The summed E-state index contributed by atoms with van der Waals surface area (Å²) in [6.07, 6.45) is -3.17. The Balaban J connectivity index is 3.31. The van der Waals surface area contributed by atoms with Crippen LogP contribution in [0.3, 0.4) is 0 Å². The number of hydrogen-bond acceptors (Lipinski definition) is 1. The fourth-order valence-corrected chi connectivity index (χ4v) is 1.10. The van der Waals surface area contributed by atoms with Crippen LogP contribution in [0.1, 0.15) is 26.2 Å². The Hall–Kier alpha value is 0.0400. The zero-order valence-corrected chi connectivity index (χ0v) is 8.38. The van der Waals surface area contributed by atoms with Gasteiger partial charge in [0.1, 0.15) is 0 Å². The Morgan fingerprint density at radius 2 is 2.00 bits per heavy atom. The minimum Gasteiger partial charge on any atom is -0.314 e. The second-order valence-corrected chi connectivity index (χ2v) is 3.43. The monoisotopic (exact) mass is 217 g/mol. The molecule has 0 spiro atoms. The van der Waals surface area contributed by atoms with Gasteiger partial charge in [0.25, 0.3) is 0 Å². The standard InChI is InChI=1S/C8H15ClF3N/c1-7(3-2-5-9)13-6-4-8(10,11)12/h7,13H,2-6H2,1H3. The summed E-state index contributed by atoms with van der Waals surface area (Å²) in [5.41, 5.74) is 0. The lowest BCUT2D eigenvalue weighted by atomic mass is 10.2. The fourth-order valence-electron chi connectivity index (χ4n) is 0.946. The number of hydrogen-bond donors (Lipinski definition) is 1. The maximum atomic E-state index is 11.7. The van der Waals surface area contributed by atoms with E-state index in [4.69, 9.17) is 11.6 Å². The molecule has 0 saturated carbocycles. The third-order valence-corrected chi connectivity index (χ3v) is 1.94. The first-order valence-corrected chi connectivity index (χ1v) is 4.85. The van der Waals surface area contributed by atoms with E-state index in [0.717, 1.165) is 12.8 Å². The fraction of sp³-hybridized carbons (Fsp3) is 1.00. The second-order valence-electron chi connectivity index (χ2n) is 3.05. The summed E-state index contributed by atoms with van der Waals surface area (Å²) in [6.45, 7) is 1.86. The zero-order valence-electron chi connectivity index (χ0n) is 7.62. The van der Waals surface area contributed by atoms with E-state index in [0.29, 0.717) is 5.88 Å². The molecule has 0 rings (SSSR count). The van der Waals surface area contributed by atoms with Crippen LogP contribution in [0.2, 0.25) is 0 Å². The highest BCUT2D eigenvalue weighted by Gasteiger charge is 2.26. The molecule has 1 nitrogen and oxygen atoms in total. The van der Waals surface area contributed by atoms with Gasteiger partial charge in [-0.15, -0.1) is 11.6 Å². The first-order chi connectivity index (χ1) is 5.95. The molecule has 0 aromatic carbocycles. The zero-order chi connectivity index (χ0) is 10.3. The van der Waals surface area contributed by atoms with E-state index in [1.54, 1.807) is 0 Å². The average Bonchev–Trinajstić information content (AvgIpc) is 1.98. The summed E-state index contributed by atoms with van der Waals surface area (Å²) in [5, 5.41) is 2.80. The van der Waals surface area contributed by atoms with Crippen molar-refractivity contribution in [2.24, 2.45) is 0 Å². The second kappa shape index (κ2) is 6.49. The molecule has 0 fully saturated rings. The first-order valence-electron chi connectivity index (χ1n) is 4.32. The van der Waals surface area contributed by atoms with Crippen molar-refractivity contribution in [1.82, 2.24) is 5.32 Å². The van der Waals surface area contributed by atoms with E-state index in [2.05, 4.69) is 5.32 Å². The van der Waals surface area contributed by atoms with Crippen LogP contribution in [0.5, 0.6) is 0 Å². The van der Waals surface area contributed by atoms with Crippen LogP contribution in [0.15, 0.2) is 0 Å². The molecule has 1 atom stereocenters. The average molecular weight is 218 g/mol. The normalized spacial score (nSPS) is 14.5. The maximum Gasteiger partial charge on any atom is 0.390 e. The quantitative estimate of drug-likeness (QED) is 0.675. The SMILES string of the molecule is CC(CCCCl)NCCC(F)(F)F. The van der Waals surface area contributed by atoms with Crippen LogP contribution in [-0.2, 0) is 0 Å². The largest absolute Gasteiger partial charge is 0.390 e. The van der Waals surface area contributed by atoms with E-state index in [1.165, 1.54) is 0 Å². The summed E-state index contributed by atoms with van der Waals surface area (Å²) in [6, 6.07) is 0.112. The van der Waals surface area contributed by atoms with Crippen molar-refractivity contribution >= 4 is 11.6 Å². The van der Waals surface area contributed by atoms with Crippen molar-refractivity contribution in [3.63, 3.8) is 0 Å². The third kappa shape index (κ3) is 9.96. The van der Waals surface area contributed by atoms with E-state index in [-0.39, 0.29) is 12.6 Å². The molecule has 5 heteroatoms. The van der Waals surface area contributed by atoms with Crippen LogP contribution in [0.25, 0.3) is 0 Å². The molecule has 0 aliphatic heterocycles. The van der Waals surface area contributed by atoms with Crippen LogP contribution < -0.4 is 5.32 Å². The van der Waals surface area contributed by atoms with E-state index >= 15 is 0 Å². The molecule has 0 aliphatic rings. The van der Waals surface area contributed by atoms with Crippen LogP contribution in [0.4, 0.5) is 13.2 Å². The molecule has 0 saturated heterocycles. The maximum absolute atomic E-state index is 11.7. The van der Waals surface area contributed by atoms with E-state index < -0.39 is 12.6 Å². The topological polar surface area (TPSA) is 12.0 Å². The molecule has 0 amide bonds. The summed E-state index contributed by atoms with van der Waals surface area (Å²) in [5.74, 6) is 0.561. The molecule has 0 bridgehead atoms. The molecule has 13 heavy (non-hydrogen) atoms. The molecular formula is C8H15ClF3N. The van der Waals surface area contributed by atoms with Crippen molar-refractivity contribution in [3.05, 3.63) is 0 Å². The van der Waals surface area contributed by atoms with Crippen molar-refractivity contribution in [1.29, 1.82) is 0 Å². The van der Waals surface area contributed by atoms with Gasteiger partial charge in [-0.1, -0.05) is 0 Å². The van der Waals surface area contributed by atoms with Gasteiger partial charge in [-0.3, -0.25) is 0 Å². The first kappa shape index (κ1) is 13.0. The van der Waals surface area contributed by atoms with Crippen molar-refractivity contribution < 1.29 is 13.2 Å². The molecular weight excluding hydrogens is 203 g/mol. The van der Waals surface area contributed by atoms with Crippen LogP contribution in [0, 0.1) is 0 Å². The molecule has 80 valence electrons. The van der Waals surface area contributed by atoms with Gasteiger partial charge in [0.05, 0.1) is 6.42 Å². The number of halogens is 4. The van der Waals surface area contributed by atoms with Crippen molar-refractivity contribution in [2.45, 2.75) is 38.4 Å². The minimum absolute atomic E-state index is 0.00699. The highest BCUT2D eigenvalue weighted by atomic mass is 35.5. The van der Waals surface area contributed by atoms with Gasteiger partial charge < -0.3 is 5.32 Å². The predicted octanol–water partition coefficient (Wildman–Crippen LogP) is 2.94. The lowest BCUT2D eigenvalue weighted by Crippen LogP contribution is -2.29. The van der Waals surface area contributed by atoms with Gasteiger partial charge in [0.15, 0.2) is 0 Å². The minimum atomic E-state index is -4.06. The van der Waals surface area contributed by atoms with E-state index in [9.17, 15) is 13.2 Å². The number of alkyl halides is 4. The molecule has 1 N–H and O–H groups in total. The summed E-state index contributed by atoms with van der Waals surface area (Å²) in [4.78, 5) is 0. The molecule has 0 aromatic heterocycles. The van der Waals surface area contributed by atoms with Gasteiger partial charge >= 0.3 is 6.18 Å². The van der Waals surface area contributed by atoms with Crippen molar-refractivity contribution in [2.75, 3.05) is 12.4 Å². The molecule has 0 heterocycles. The van der Waals surface area contributed by atoms with Gasteiger partial charge in [-0.2, -0.15) is 13.2 Å². The Morgan fingerprint density at radius 1 is 1.38 bits per heavy atom. The van der Waals surface area contributed by atoms with E-state index in [1.807, 2.05) is 6.92 Å². The summed E-state index contributed by atoms with van der Waals surface area (Å²) in [7, 11) is 0. The lowest BCUT2D eigenvalue weighted by Gasteiger charge is -2.13. The van der Waals surface area contributed by atoms with Gasteiger partial charge in [-0.05, 0) is 19.8 Å². The Kier molecular flexibility index (Phi) is 6.51.